The van der Waals surface area contributed by atoms with Crippen LogP contribution in [0.15, 0.2) is 12.5 Å². The van der Waals surface area contributed by atoms with Gasteiger partial charge in [0.15, 0.2) is 0 Å². The van der Waals surface area contributed by atoms with Gasteiger partial charge in [-0.2, -0.15) is 0 Å². The van der Waals surface area contributed by atoms with Crippen LogP contribution in [-0.2, 0) is 11.2 Å². The number of nitrogens with zero attached hydrogens (tertiary/aromatic N) is 2. The van der Waals surface area contributed by atoms with Crippen LogP contribution in [0.2, 0.25) is 0 Å². The molecule has 1 aromatic rings. The highest BCUT2D eigenvalue weighted by molar-refractivity contribution is 5.67. The summed E-state index contributed by atoms with van der Waals surface area (Å²) in [6.45, 7) is 1.87. The minimum Gasteiger partial charge on any atom is -0.481 e. The molecule has 4 heteroatoms. The SMILES string of the molecule is Cc1cncnc1CCC(=O)O. The quantitative estimate of drug-likeness (QED) is 0.721. The molecule has 0 aliphatic heterocycles. The summed E-state index contributed by atoms with van der Waals surface area (Å²) in [6, 6.07) is 0. The number of carbonyl (C=O) groups is 1. The van der Waals surface area contributed by atoms with Crippen LogP contribution < -0.4 is 0 Å². The van der Waals surface area contributed by atoms with Gasteiger partial charge in [0.2, 0.25) is 0 Å². The van der Waals surface area contributed by atoms with Crippen molar-refractivity contribution in [3.63, 3.8) is 0 Å². The fourth-order valence-corrected chi connectivity index (χ4v) is 0.912. The predicted molar refractivity (Wildman–Crippen MR) is 42.7 cm³/mol. The third-order valence-corrected chi connectivity index (χ3v) is 1.58. The van der Waals surface area contributed by atoms with E-state index >= 15 is 0 Å². The van der Waals surface area contributed by atoms with Crippen molar-refractivity contribution in [3.05, 3.63) is 23.8 Å². The second-order valence-corrected chi connectivity index (χ2v) is 2.55. The highest BCUT2D eigenvalue weighted by Crippen LogP contribution is 2.03. The molecule has 1 heterocycles. The van der Waals surface area contributed by atoms with Crippen LogP contribution in [0.1, 0.15) is 17.7 Å². The van der Waals surface area contributed by atoms with E-state index < -0.39 is 5.97 Å². The lowest BCUT2D eigenvalue weighted by Gasteiger charge is -1.99. The van der Waals surface area contributed by atoms with Crippen LogP contribution in [0.3, 0.4) is 0 Å². The molecule has 64 valence electrons. The molecule has 0 aliphatic carbocycles. The van der Waals surface area contributed by atoms with E-state index in [-0.39, 0.29) is 6.42 Å². The van der Waals surface area contributed by atoms with Crippen molar-refractivity contribution < 1.29 is 9.90 Å². The molecular weight excluding hydrogens is 156 g/mol. The summed E-state index contributed by atoms with van der Waals surface area (Å²) in [4.78, 5) is 18.0. The van der Waals surface area contributed by atoms with Gasteiger partial charge in [-0.25, -0.2) is 9.97 Å². The Kier molecular flexibility index (Phi) is 2.74. The largest absolute Gasteiger partial charge is 0.481 e. The minimum absolute atomic E-state index is 0.123. The van der Waals surface area contributed by atoms with Crippen molar-refractivity contribution in [2.24, 2.45) is 0 Å². The van der Waals surface area contributed by atoms with Crippen LogP contribution in [0.5, 0.6) is 0 Å². The molecule has 0 spiro atoms. The van der Waals surface area contributed by atoms with E-state index in [1.54, 1.807) is 6.20 Å². The van der Waals surface area contributed by atoms with Gasteiger partial charge in [0.05, 0.1) is 6.42 Å². The monoisotopic (exact) mass is 166 g/mol. The first-order valence-corrected chi connectivity index (χ1v) is 3.67. The fraction of sp³-hybridized carbons (Fsp3) is 0.375. The van der Waals surface area contributed by atoms with E-state index in [0.717, 1.165) is 11.3 Å². The summed E-state index contributed by atoms with van der Waals surface area (Å²) in [7, 11) is 0. The molecule has 0 unspecified atom stereocenters. The molecule has 1 N–H and O–H groups in total. The Morgan fingerprint density at radius 3 is 3.00 bits per heavy atom. The second-order valence-electron chi connectivity index (χ2n) is 2.55. The standard InChI is InChI=1S/C8H10N2O2/c1-6-4-9-5-10-7(6)2-3-8(11)12/h4-5H,2-3H2,1H3,(H,11,12). The highest BCUT2D eigenvalue weighted by Gasteiger charge is 2.02. The van der Waals surface area contributed by atoms with Crippen LogP contribution in [-0.4, -0.2) is 21.0 Å². The second kappa shape index (κ2) is 3.80. The zero-order valence-electron chi connectivity index (χ0n) is 6.82. The molecule has 0 fully saturated rings. The van der Waals surface area contributed by atoms with E-state index in [9.17, 15) is 4.79 Å². The van der Waals surface area contributed by atoms with Gasteiger partial charge in [-0.05, 0) is 12.5 Å². The molecule has 0 saturated heterocycles. The third-order valence-electron chi connectivity index (χ3n) is 1.58. The Morgan fingerprint density at radius 1 is 1.67 bits per heavy atom. The van der Waals surface area contributed by atoms with Gasteiger partial charge in [-0.1, -0.05) is 0 Å². The van der Waals surface area contributed by atoms with Crippen molar-refractivity contribution >= 4 is 5.97 Å². The number of aromatic nitrogens is 2. The Bertz CT molecular complexity index is 286. The molecule has 0 bridgehead atoms. The van der Waals surface area contributed by atoms with Gasteiger partial charge in [0.25, 0.3) is 0 Å². The molecule has 0 atom stereocenters. The average Bonchev–Trinajstić information content (AvgIpc) is 2.03. The number of aryl methyl sites for hydroxylation is 2. The third kappa shape index (κ3) is 2.30. The van der Waals surface area contributed by atoms with Crippen LogP contribution >= 0.6 is 0 Å². The molecule has 0 amide bonds. The molecule has 4 nitrogen and oxygen atoms in total. The fourth-order valence-electron chi connectivity index (χ4n) is 0.912. The van der Waals surface area contributed by atoms with Gasteiger partial charge in [0, 0.05) is 18.3 Å². The normalized spacial score (nSPS) is 9.75. The first-order chi connectivity index (χ1) is 5.70. The number of rotatable bonds is 3. The van der Waals surface area contributed by atoms with E-state index in [1.165, 1.54) is 6.33 Å². The summed E-state index contributed by atoms with van der Waals surface area (Å²) in [5.41, 5.74) is 1.76. The van der Waals surface area contributed by atoms with Crippen molar-refractivity contribution in [1.82, 2.24) is 9.97 Å². The Hall–Kier alpha value is -1.45. The molecular formula is C8H10N2O2. The van der Waals surface area contributed by atoms with Gasteiger partial charge in [-0.3, -0.25) is 4.79 Å². The molecule has 0 radical (unpaired) electrons. The van der Waals surface area contributed by atoms with Crippen molar-refractivity contribution in [3.8, 4) is 0 Å². The molecule has 12 heavy (non-hydrogen) atoms. The lowest BCUT2D eigenvalue weighted by Crippen LogP contribution is -2.01. The smallest absolute Gasteiger partial charge is 0.303 e. The summed E-state index contributed by atoms with van der Waals surface area (Å²) in [5, 5.41) is 8.42. The van der Waals surface area contributed by atoms with Crippen molar-refractivity contribution in [2.45, 2.75) is 19.8 Å². The van der Waals surface area contributed by atoms with Gasteiger partial charge >= 0.3 is 5.97 Å². The summed E-state index contributed by atoms with van der Waals surface area (Å²) < 4.78 is 0. The number of carboxylic acids is 1. The van der Waals surface area contributed by atoms with E-state index in [0.29, 0.717) is 6.42 Å². The maximum Gasteiger partial charge on any atom is 0.303 e. The summed E-state index contributed by atoms with van der Waals surface area (Å²) >= 11 is 0. The van der Waals surface area contributed by atoms with Gasteiger partial charge < -0.3 is 5.11 Å². The number of carboxylic acid groups (broad SMARTS) is 1. The maximum absolute atomic E-state index is 10.2. The van der Waals surface area contributed by atoms with Crippen molar-refractivity contribution in [2.75, 3.05) is 0 Å². The summed E-state index contributed by atoms with van der Waals surface area (Å²) in [6.07, 6.45) is 3.72. The van der Waals surface area contributed by atoms with E-state index in [2.05, 4.69) is 9.97 Å². The zero-order chi connectivity index (χ0) is 8.97. The zero-order valence-corrected chi connectivity index (χ0v) is 6.82. The maximum atomic E-state index is 10.2. The van der Waals surface area contributed by atoms with Crippen molar-refractivity contribution in [1.29, 1.82) is 0 Å². The Labute approximate surface area is 70.3 Å². The first-order valence-electron chi connectivity index (χ1n) is 3.67. The van der Waals surface area contributed by atoms with Gasteiger partial charge in [0.1, 0.15) is 6.33 Å². The van der Waals surface area contributed by atoms with Crippen LogP contribution in [0.25, 0.3) is 0 Å². The van der Waals surface area contributed by atoms with Crippen LogP contribution in [0, 0.1) is 6.92 Å². The first kappa shape index (κ1) is 8.64. The highest BCUT2D eigenvalue weighted by atomic mass is 16.4. The minimum atomic E-state index is -0.798. The number of aliphatic carboxylic acids is 1. The molecule has 1 aromatic heterocycles. The van der Waals surface area contributed by atoms with Gasteiger partial charge in [-0.15, -0.1) is 0 Å². The molecule has 1 rings (SSSR count). The van der Waals surface area contributed by atoms with Crippen LogP contribution in [0.4, 0.5) is 0 Å². The Morgan fingerprint density at radius 2 is 2.42 bits per heavy atom. The van der Waals surface area contributed by atoms with E-state index in [4.69, 9.17) is 5.11 Å². The van der Waals surface area contributed by atoms with E-state index in [1.807, 2.05) is 6.92 Å². The Balaban J connectivity index is 2.63. The average molecular weight is 166 g/mol. The molecule has 0 aromatic carbocycles. The lowest BCUT2D eigenvalue weighted by molar-refractivity contribution is -0.136. The predicted octanol–water partition coefficient (Wildman–Crippen LogP) is 0.802. The number of hydrogen-bond acceptors (Lipinski definition) is 3. The number of hydrogen-bond donors (Lipinski definition) is 1. The molecule has 0 saturated carbocycles. The topological polar surface area (TPSA) is 63.1 Å². The molecule has 0 aliphatic rings. The lowest BCUT2D eigenvalue weighted by atomic mass is 10.1. The summed E-state index contributed by atoms with van der Waals surface area (Å²) in [5.74, 6) is -0.798.